The zero-order valence-electron chi connectivity index (χ0n) is 18.7. The van der Waals surface area contributed by atoms with Crippen LogP contribution in [0.4, 0.5) is 0 Å². The van der Waals surface area contributed by atoms with Gasteiger partial charge in [-0.15, -0.1) is 0 Å². The molecule has 3 atom stereocenters. The van der Waals surface area contributed by atoms with Crippen LogP contribution in [-0.2, 0) is 5.60 Å². The summed E-state index contributed by atoms with van der Waals surface area (Å²) >= 11 is 0. The molecule has 0 saturated heterocycles. The quantitative estimate of drug-likeness (QED) is 0.722. The van der Waals surface area contributed by atoms with Crippen molar-refractivity contribution >= 4 is 11.0 Å². The fraction of sp³-hybridized carbons (Fsp3) is 0.654. The first kappa shape index (κ1) is 20.5. The fourth-order valence-electron chi connectivity index (χ4n) is 6.51. The van der Waals surface area contributed by atoms with Crippen molar-refractivity contribution in [3.05, 3.63) is 33.7 Å². The van der Waals surface area contributed by atoms with Crippen molar-refractivity contribution in [3.63, 3.8) is 0 Å². The van der Waals surface area contributed by atoms with Gasteiger partial charge in [0.2, 0.25) is 0 Å². The van der Waals surface area contributed by atoms with Crippen LogP contribution in [0.25, 0.3) is 11.0 Å². The highest BCUT2D eigenvalue weighted by Crippen LogP contribution is 2.54. The minimum absolute atomic E-state index is 0.00681. The topological polar surface area (TPSA) is 89.1 Å². The Balaban J connectivity index is 1.55. The van der Waals surface area contributed by atoms with Gasteiger partial charge in [0.05, 0.1) is 11.7 Å². The number of fused-ring (bicyclic) bond motifs is 4. The summed E-state index contributed by atoms with van der Waals surface area (Å²) < 4.78 is 19.0. The van der Waals surface area contributed by atoms with E-state index in [2.05, 4.69) is 0 Å². The van der Waals surface area contributed by atoms with Crippen LogP contribution >= 0.6 is 0 Å². The van der Waals surface area contributed by atoms with E-state index in [4.69, 9.17) is 13.9 Å². The molecule has 6 rings (SSSR count). The highest BCUT2D eigenvalue weighted by Gasteiger charge is 2.50. The number of rotatable bonds is 3. The van der Waals surface area contributed by atoms with Crippen LogP contribution in [0.15, 0.2) is 21.3 Å². The summed E-state index contributed by atoms with van der Waals surface area (Å²) in [6, 6.07) is 3.25. The Morgan fingerprint density at radius 3 is 2.50 bits per heavy atom. The highest BCUT2D eigenvalue weighted by atomic mass is 16.5. The third-order valence-corrected chi connectivity index (χ3v) is 8.25. The average Bonchev–Trinajstić information content (AvgIpc) is 3.48. The Morgan fingerprint density at radius 2 is 1.75 bits per heavy atom. The maximum Gasteiger partial charge on any atom is 0.196 e. The summed E-state index contributed by atoms with van der Waals surface area (Å²) in [4.78, 5) is 13.4. The van der Waals surface area contributed by atoms with Gasteiger partial charge in [-0.2, -0.15) is 0 Å². The van der Waals surface area contributed by atoms with Gasteiger partial charge in [-0.1, -0.05) is 0 Å². The highest BCUT2D eigenvalue weighted by molar-refractivity contribution is 5.88. The van der Waals surface area contributed by atoms with Crippen molar-refractivity contribution in [1.29, 1.82) is 0 Å². The molecule has 0 amide bonds. The molecule has 0 unspecified atom stereocenters. The normalized spacial score (nSPS) is 31.5. The molecule has 3 aliphatic carbocycles. The van der Waals surface area contributed by atoms with Crippen molar-refractivity contribution in [1.82, 2.24) is 0 Å². The van der Waals surface area contributed by atoms with E-state index in [0.29, 0.717) is 47.5 Å². The molecule has 0 bridgehead atoms. The third kappa shape index (κ3) is 3.10. The second-order valence-corrected chi connectivity index (χ2v) is 10.6. The minimum atomic E-state index is -1.09. The molecular formula is C26H32O6. The number of hydrogen-bond donors (Lipinski definition) is 2. The molecule has 2 heterocycles. The van der Waals surface area contributed by atoms with Gasteiger partial charge in [0.1, 0.15) is 39.9 Å². The summed E-state index contributed by atoms with van der Waals surface area (Å²) in [6.07, 6.45) is 9.43. The van der Waals surface area contributed by atoms with Crippen molar-refractivity contribution in [2.24, 2.45) is 0 Å². The molecule has 0 radical (unpaired) electrons. The lowest BCUT2D eigenvalue weighted by Gasteiger charge is -2.37. The number of aliphatic hydroxyl groups is 2. The molecule has 32 heavy (non-hydrogen) atoms. The zero-order valence-corrected chi connectivity index (χ0v) is 18.7. The molecule has 172 valence electrons. The monoisotopic (exact) mass is 440 g/mol. The minimum Gasteiger partial charge on any atom is -0.489 e. The third-order valence-electron chi connectivity index (χ3n) is 8.25. The van der Waals surface area contributed by atoms with E-state index in [1.54, 1.807) is 6.07 Å². The Labute approximate surface area is 187 Å². The summed E-state index contributed by atoms with van der Waals surface area (Å²) in [5, 5.41) is 22.5. The van der Waals surface area contributed by atoms with E-state index in [1.165, 1.54) is 6.07 Å². The number of hydrogen-bond acceptors (Lipinski definition) is 6. The van der Waals surface area contributed by atoms with Gasteiger partial charge in [-0.05, 0) is 77.6 Å². The molecule has 0 spiro atoms. The molecule has 3 saturated carbocycles. The van der Waals surface area contributed by atoms with Gasteiger partial charge in [0, 0.05) is 23.6 Å². The van der Waals surface area contributed by atoms with Gasteiger partial charge in [0.25, 0.3) is 0 Å². The second kappa shape index (κ2) is 7.22. The van der Waals surface area contributed by atoms with E-state index >= 15 is 0 Å². The maximum absolute atomic E-state index is 13.4. The van der Waals surface area contributed by atoms with Gasteiger partial charge < -0.3 is 24.1 Å². The maximum atomic E-state index is 13.4. The predicted molar refractivity (Wildman–Crippen MR) is 119 cm³/mol. The van der Waals surface area contributed by atoms with Crippen molar-refractivity contribution < 1.29 is 24.1 Å². The molecule has 4 aliphatic rings. The first-order valence-corrected chi connectivity index (χ1v) is 12.3. The van der Waals surface area contributed by atoms with E-state index in [0.717, 1.165) is 56.9 Å². The van der Waals surface area contributed by atoms with Gasteiger partial charge in [0.15, 0.2) is 5.43 Å². The van der Waals surface area contributed by atoms with Crippen molar-refractivity contribution in [2.45, 2.75) is 107 Å². The Kier molecular flexibility index (Phi) is 4.64. The van der Waals surface area contributed by atoms with E-state index in [9.17, 15) is 15.0 Å². The first-order valence-electron chi connectivity index (χ1n) is 12.3. The molecule has 1 aliphatic heterocycles. The summed E-state index contributed by atoms with van der Waals surface area (Å²) in [7, 11) is 0. The SMILES string of the molecule is C[C@]1(O)CCC[C@H]2c3c(cc4oc(C5(O)CCCC5)cc(=O)c4c3OC3CCCC3)O[C@@H]21. The van der Waals surface area contributed by atoms with Crippen molar-refractivity contribution in [2.75, 3.05) is 0 Å². The lowest BCUT2D eigenvalue weighted by molar-refractivity contribution is -0.0725. The molecule has 6 heteroatoms. The molecule has 1 aromatic carbocycles. The summed E-state index contributed by atoms with van der Waals surface area (Å²) in [5.41, 5.74) is -0.882. The number of ether oxygens (including phenoxy) is 2. The zero-order chi connectivity index (χ0) is 22.1. The molecule has 2 aromatic rings. The predicted octanol–water partition coefficient (Wildman–Crippen LogP) is 4.66. The van der Waals surface area contributed by atoms with E-state index in [-0.39, 0.29) is 23.6 Å². The second-order valence-electron chi connectivity index (χ2n) is 10.6. The van der Waals surface area contributed by atoms with Gasteiger partial charge in [-0.25, -0.2) is 0 Å². The van der Waals surface area contributed by atoms with Crippen LogP contribution in [0, 0.1) is 0 Å². The smallest absolute Gasteiger partial charge is 0.196 e. The summed E-state index contributed by atoms with van der Waals surface area (Å²) in [5.74, 6) is 1.55. The Hall–Kier alpha value is -2.05. The van der Waals surface area contributed by atoms with E-state index < -0.39 is 11.2 Å². The van der Waals surface area contributed by atoms with Crippen molar-refractivity contribution in [3.8, 4) is 11.5 Å². The average molecular weight is 441 g/mol. The van der Waals surface area contributed by atoms with Crippen LogP contribution in [-0.4, -0.2) is 28.0 Å². The van der Waals surface area contributed by atoms with Gasteiger partial charge in [-0.3, -0.25) is 4.79 Å². The standard InChI is InChI=1S/C26H32O6/c1-25(28)10-6-9-16-21-18(32-24(16)25)14-19-22(23(21)30-15-7-2-3-8-15)17(27)13-20(31-19)26(29)11-4-5-12-26/h13-16,24,28-29H,2-12H2,1H3/t16-,24-,25-/m0/s1. The molecule has 1 aromatic heterocycles. The fourth-order valence-corrected chi connectivity index (χ4v) is 6.51. The van der Waals surface area contributed by atoms with Crippen LogP contribution in [0.3, 0.4) is 0 Å². The first-order chi connectivity index (χ1) is 15.4. The largest absolute Gasteiger partial charge is 0.489 e. The molecule has 2 N–H and O–H groups in total. The number of benzene rings is 1. The van der Waals surface area contributed by atoms with Crippen LogP contribution in [0.1, 0.15) is 94.8 Å². The van der Waals surface area contributed by atoms with Crippen LogP contribution < -0.4 is 14.9 Å². The molecule has 3 fully saturated rings. The molecular weight excluding hydrogens is 408 g/mol. The lowest BCUT2D eigenvalue weighted by atomic mass is 9.74. The van der Waals surface area contributed by atoms with Gasteiger partial charge >= 0.3 is 0 Å². The Morgan fingerprint density at radius 1 is 1.00 bits per heavy atom. The summed E-state index contributed by atoms with van der Waals surface area (Å²) in [6.45, 7) is 1.84. The van der Waals surface area contributed by atoms with Crippen LogP contribution in [0.5, 0.6) is 11.5 Å². The van der Waals surface area contributed by atoms with E-state index in [1.807, 2.05) is 6.92 Å². The molecule has 6 nitrogen and oxygen atoms in total. The Bertz CT molecular complexity index is 1100. The van der Waals surface area contributed by atoms with Crippen LogP contribution in [0.2, 0.25) is 0 Å². The lowest BCUT2D eigenvalue weighted by Crippen LogP contribution is -2.47.